The summed E-state index contributed by atoms with van der Waals surface area (Å²) < 4.78 is 11.1. The highest BCUT2D eigenvalue weighted by molar-refractivity contribution is 7.17. The van der Waals surface area contributed by atoms with Crippen LogP contribution in [0.1, 0.15) is 6.42 Å². The second-order valence-electron chi connectivity index (χ2n) is 25.4. The van der Waals surface area contributed by atoms with Gasteiger partial charge in [-0.05, 0) is 162 Å². The number of benzene rings is 12. The van der Waals surface area contributed by atoms with E-state index >= 15 is 0 Å². The van der Waals surface area contributed by atoms with Gasteiger partial charge in [0.15, 0.2) is 11.6 Å². The van der Waals surface area contributed by atoms with Crippen LogP contribution in [0.15, 0.2) is 520 Å². The number of para-hydroxylation sites is 4. The van der Waals surface area contributed by atoms with Gasteiger partial charge in [0.2, 0.25) is 0 Å². The van der Waals surface area contributed by atoms with Crippen LogP contribution in [0.5, 0.6) is 0 Å². The fraction of sp³-hybridized carbons (Fsp3) is 0.00952. The van der Waals surface area contributed by atoms with Gasteiger partial charge in [-0.25, -0.2) is 39.9 Å². The quantitative estimate of drug-likeness (QED) is 0.116. The van der Waals surface area contributed by atoms with E-state index in [1.807, 2.05) is 199 Å². The Hall–Kier alpha value is -16.3. The van der Waals surface area contributed by atoms with Crippen molar-refractivity contribution in [3.05, 3.63) is 511 Å². The maximum Gasteiger partial charge on any atom is 0.163 e. The van der Waals surface area contributed by atoms with E-state index in [-0.39, 0.29) is 0 Å². The van der Waals surface area contributed by atoms with Crippen LogP contribution in [-0.2, 0) is 0 Å². The minimum absolute atomic E-state index is 0.699. The Balaban J connectivity index is 0.000000131. The second kappa shape index (κ2) is 53.9. The van der Waals surface area contributed by atoms with Gasteiger partial charge in [0.05, 0.1) is 35.3 Å². The van der Waals surface area contributed by atoms with E-state index in [1.54, 1.807) is 116 Å². The lowest BCUT2D eigenvalue weighted by Crippen LogP contribution is -1.94. The Bertz CT molecular complexity index is 5850. The minimum Gasteiger partial charge on any atom is -0.473 e. The maximum absolute atomic E-state index is 5.12. The van der Waals surface area contributed by atoms with Crippen molar-refractivity contribution in [3.8, 4) is 22.8 Å². The number of fused-ring (bicyclic) bond motifs is 9. The summed E-state index contributed by atoms with van der Waals surface area (Å²) in [6.07, 6.45) is 40.4. The molecule has 18 heteroatoms. The number of nitrogens with zero attached hydrogens (tertiary/aromatic N) is 14. The summed E-state index contributed by atoms with van der Waals surface area (Å²) in [6.45, 7) is 0. The first-order chi connectivity index (χ1) is 61.2. The number of hydrogen-bond acceptors (Lipinski definition) is 18. The molecule has 12 aromatic carbocycles. The van der Waals surface area contributed by atoms with Crippen molar-refractivity contribution in [3.63, 3.8) is 0 Å². The van der Waals surface area contributed by atoms with E-state index in [1.165, 1.54) is 83.9 Å². The number of furan rings is 2. The van der Waals surface area contributed by atoms with Crippen LogP contribution in [0.2, 0.25) is 0 Å². The fourth-order valence-corrected chi connectivity index (χ4v) is 12.4. The van der Waals surface area contributed by atoms with Crippen LogP contribution in [0, 0.1) is 0 Å². The fourth-order valence-electron chi connectivity index (χ4n) is 11.2. The first-order valence-corrected chi connectivity index (χ1v) is 40.9. The molecule has 0 saturated carbocycles. The van der Waals surface area contributed by atoms with Gasteiger partial charge in [0, 0.05) is 94.8 Å². The van der Waals surface area contributed by atoms with Gasteiger partial charge in [0.1, 0.15) is 37.2 Å². The van der Waals surface area contributed by atoms with Crippen LogP contribution < -0.4 is 0 Å². The molecule has 0 amide bonds. The van der Waals surface area contributed by atoms with Crippen LogP contribution >= 0.6 is 22.7 Å². The van der Waals surface area contributed by atoms with Gasteiger partial charge >= 0.3 is 0 Å². The molecule has 23 aromatic rings. The number of aromatic nitrogens is 14. The van der Waals surface area contributed by atoms with Gasteiger partial charge in [-0.15, -0.1) is 11.3 Å². The van der Waals surface area contributed by atoms with Crippen LogP contribution in [0.3, 0.4) is 0 Å². The molecule has 0 unspecified atom stereocenters. The maximum atomic E-state index is 5.12. The summed E-state index contributed by atoms with van der Waals surface area (Å²) in [5, 5.41) is 20.5. The summed E-state index contributed by atoms with van der Waals surface area (Å²) in [5.41, 5.74) is 5.91. The first-order valence-electron chi connectivity index (χ1n) is 39.1. The molecular formula is C105H86N14O2S2. The molecule has 0 radical (unpaired) electrons. The van der Waals surface area contributed by atoms with Crippen LogP contribution in [-0.4, -0.2) is 69.8 Å². The molecule has 1 aliphatic rings. The van der Waals surface area contributed by atoms with Crippen LogP contribution in [0.4, 0.5) is 0 Å². The number of rotatable bonds is 2. The van der Waals surface area contributed by atoms with E-state index in [0.29, 0.717) is 11.6 Å². The van der Waals surface area contributed by atoms with E-state index in [4.69, 9.17) is 4.42 Å². The summed E-state index contributed by atoms with van der Waals surface area (Å²) in [6, 6.07) is 118. The lowest BCUT2D eigenvalue weighted by Gasteiger charge is -2.02. The topological polar surface area (TPSA) is 207 Å². The second-order valence-corrected chi connectivity index (χ2v) is 27.1. The van der Waals surface area contributed by atoms with Gasteiger partial charge in [-0.3, -0.25) is 29.9 Å². The normalized spacial score (nSPS) is 10.0. The smallest absolute Gasteiger partial charge is 0.163 e. The molecule has 0 saturated heterocycles. The lowest BCUT2D eigenvalue weighted by atomic mass is 10.0. The zero-order valence-corrected chi connectivity index (χ0v) is 68.7. The monoisotopic (exact) mass is 1640 g/mol. The molecule has 1 aliphatic carbocycles. The third-order valence-electron chi connectivity index (χ3n) is 16.9. The number of thiophene rings is 2. The average molecular weight is 1640 g/mol. The SMILES string of the molecule is C1=CCC=C1.c1ccc(-c2ncnc(-c3ccccc3)n2)cc1.c1ccc2c(c1)ccc1ccccc12.c1ccc2cc3ccccc3cc2c1.c1ccc2ncccc2c1.c1ccc2nccnc2c1.c1ccc2occc2c1.c1ccc2sccc2c1.c1ccncc1.c1ccoc1.c1ccsc1.c1cnccn1.c1cncnc1.c1ncncn1. The largest absolute Gasteiger partial charge is 0.473 e. The van der Waals surface area contributed by atoms with E-state index in [9.17, 15) is 0 Å². The molecule has 0 N–H and O–H groups in total. The molecule has 600 valence electrons. The Morgan fingerprint density at radius 2 is 0.667 bits per heavy atom. The molecule has 24 rings (SSSR count). The van der Waals surface area contributed by atoms with E-state index in [0.717, 1.165) is 45.1 Å². The highest BCUT2D eigenvalue weighted by Gasteiger charge is 2.05. The molecule has 11 aromatic heterocycles. The van der Waals surface area contributed by atoms with Gasteiger partial charge in [-0.1, -0.05) is 285 Å². The number of pyridine rings is 2. The molecule has 0 spiro atoms. The van der Waals surface area contributed by atoms with Crippen molar-refractivity contribution in [1.29, 1.82) is 0 Å². The molecule has 123 heavy (non-hydrogen) atoms. The first kappa shape index (κ1) is 87.6. The van der Waals surface area contributed by atoms with Crippen LogP contribution in [0.25, 0.3) is 109 Å². The molecule has 0 atom stereocenters. The minimum atomic E-state index is 0.699. The highest BCUT2D eigenvalue weighted by Crippen LogP contribution is 2.26. The summed E-state index contributed by atoms with van der Waals surface area (Å²) in [7, 11) is 0. The molecule has 11 heterocycles. The van der Waals surface area contributed by atoms with Gasteiger partial charge in [0.25, 0.3) is 0 Å². The zero-order chi connectivity index (χ0) is 84.4. The predicted molar refractivity (Wildman–Crippen MR) is 507 cm³/mol. The van der Waals surface area contributed by atoms with Gasteiger partial charge < -0.3 is 8.83 Å². The summed E-state index contributed by atoms with van der Waals surface area (Å²) >= 11 is 3.50. The van der Waals surface area contributed by atoms with E-state index < -0.39 is 0 Å². The Morgan fingerprint density at radius 1 is 0.244 bits per heavy atom. The molecule has 0 fully saturated rings. The number of allylic oxidation sites excluding steroid dienone is 4. The third kappa shape index (κ3) is 32.3. The average Bonchev–Trinajstić information content (AvgIpc) is 1.59. The van der Waals surface area contributed by atoms with Crippen molar-refractivity contribution in [2.24, 2.45) is 0 Å². The lowest BCUT2D eigenvalue weighted by molar-refractivity contribution is 0.567. The van der Waals surface area contributed by atoms with Crippen molar-refractivity contribution in [1.82, 2.24) is 69.8 Å². The predicted octanol–water partition coefficient (Wildman–Crippen LogP) is 26.8. The molecule has 16 nitrogen and oxygen atoms in total. The zero-order valence-electron chi connectivity index (χ0n) is 67.1. The molecular weight excluding hydrogens is 1550 g/mol. The van der Waals surface area contributed by atoms with Crippen molar-refractivity contribution in [2.75, 3.05) is 0 Å². The Labute approximate surface area is 722 Å². The van der Waals surface area contributed by atoms with Gasteiger partial charge in [-0.2, -0.15) is 11.3 Å². The highest BCUT2D eigenvalue weighted by atomic mass is 32.1. The van der Waals surface area contributed by atoms with Crippen molar-refractivity contribution in [2.45, 2.75) is 6.42 Å². The standard InChI is InChI=1S/C15H11N3.2C14H10.C9H7N.C8H6N2.C8H6O.C8H6S.C5H5N.C5H6.2C4H4N2.C4H4O.C4H4S.C3H3N3/c1-3-7-12(8-4-1)14-16-11-17-15(18-14)13-9-5-2-6-10-13;1-3-7-13-11(5-1)9-10-12-6-2-4-8-14(12)13;1-2-6-12-10-14-8-4-3-7-13(14)9-11(12)5-1;1-2-6-9-8(4-1)5-3-7-10-9;1-2-4-8-7(3-1)9-5-6-10-8;2*1-2-4-8-7(3-1)5-6-9-8;1-2-4-6-5-3-1;1-2-4-5-3-1;1-2-6-4-3-5-1;1-2-5-4-6-3-1;2*1-2-4-5-3-1;1-4-2-6-3-5-1/h1-11H;2*1-10H;1-7H;1-6H;2*1-6H;1-5H;1-4H,5H2;2*1-4H;2*1-4H;1-3H. The third-order valence-corrected chi connectivity index (χ3v) is 18.5. The Morgan fingerprint density at radius 3 is 1.08 bits per heavy atom. The molecule has 0 bridgehead atoms. The summed E-state index contributed by atoms with van der Waals surface area (Å²) in [4.78, 5) is 54.6. The number of hydrogen-bond donors (Lipinski definition) is 0. The Kier molecular flexibility index (Phi) is 38.3. The molecule has 0 aliphatic heterocycles. The van der Waals surface area contributed by atoms with Crippen molar-refractivity contribution < 1.29 is 8.83 Å². The van der Waals surface area contributed by atoms with Crippen molar-refractivity contribution >= 4 is 109 Å². The summed E-state index contributed by atoms with van der Waals surface area (Å²) in [5.74, 6) is 1.40. The van der Waals surface area contributed by atoms with E-state index in [2.05, 4.69) is 268 Å².